The van der Waals surface area contributed by atoms with E-state index >= 15 is 0 Å². The molecule has 2 aromatic carbocycles. The van der Waals surface area contributed by atoms with E-state index in [9.17, 15) is 18.0 Å². The molecule has 0 saturated carbocycles. The zero-order valence-corrected chi connectivity index (χ0v) is 22.1. The second-order valence-corrected chi connectivity index (χ2v) is 9.19. The topological polar surface area (TPSA) is 107 Å². The van der Waals surface area contributed by atoms with Gasteiger partial charge in [0.15, 0.2) is 5.65 Å². The molecule has 204 valence electrons. The summed E-state index contributed by atoms with van der Waals surface area (Å²) in [5.41, 5.74) is 9.12. The molecular formula is C27H26ClF3N6O2. The van der Waals surface area contributed by atoms with Crippen molar-refractivity contribution in [3.05, 3.63) is 93.5 Å². The maximum atomic E-state index is 12.8. The number of anilines is 1. The predicted octanol–water partition coefficient (Wildman–Crippen LogP) is 5.65. The number of carbonyl (C=O) groups is 1. The van der Waals surface area contributed by atoms with Gasteiger partial charge < -0.3 is 21.1 Å². The maximum Gasteiger partial charge on any atom is 0.416 e. The Kier molecular flexibility index (Phi) is 8.01. The Morgan fingerprint density at radius 2 is 1.79 bits per heavy atom. The van der Waals surface area contributed by atoms with Crippen molar-refractivity contribution in [2.24, 2.45) is 5.73 Å². The average molecular weight is 559 g/mol. The van der Waals surface area contributed by atoms with E-state index in [0.717, 1.165) is 29.1 Å². The number of nitrogens with one attached hydrogen (secondary N) is 2. The van der Waals surface area contributed by atoms with Crippen molar-refractivity contribution in [3.8, 4) is 5.75 Å². The highest BCUT2D eigenvalue weighted by Crippen LogP contribution is 2.31. The van der Waals surface area contributed by atoms with Crippen molar-refractivity contribution in [2.75, 3.05) is 12.4 Å². The van der Waals surface area contributed by atoms with Crippen LogP contribution in [0, 0.1) is 6.92 Å². The van der Waals surface area contributed by atoms with Gasteiger partial charge in [-0.3, -0.25) is 4.79 Å². The first-order chi connectivity index (χ1) is 18.5. The van der Waals surface area contributed by atoms with Crippen LogP contribution in [-0.2, 0) is 19.3 Å². The number of allylic oxidation sites excluding steroid dienone is 2. The number of aromatic nitrogens is 3. The molecule has 2 aromatic heterocycles. The van der Waals surface area contributed by atoms with Crippen molar-refractivity contribution in [2.45, 2.75) is 33.1 Å². The molecule has 4 aromatic rings. The molecular weight excluding hydrogens is 533 g/mol. The van der Waals surface area contributed by atoms with Gasteiger partial charge in [0.25, 0.3) is 5.91 Å². The number of amides is 1. The van der Waals surface area contributed by atoms with Crippen molar-refractivity contribution in [1.82, 2.24) is 20.1 Å². The predicted molar refractivity (Wildman–Crippen MR) is 143 cm³/mol. The van der Waals surface area contributed by atoms with Crippen LogP contribution in [0.2, 0.25) is 5.02 Å². The van der Waals surface area contributed by atoms with Gasteiger partial charge in [-0.15, -0.1) is 0 Å². The number of hydrogen-bond donors (Lipinski definition) is 3. The smallest absolute Gasteiger partial charge is 0.416 e. The van der Waals surface area contributed by atoms with Crippen molar-refractivity contribution in [3.63, 3.8) is 0 Å². The Morgan fingerprint density at radius 3 is 2.41 bits per heavy atom. The molecule has 0 aliphatic carbocycles. The van der Waals surface area contributed by atoms with E-state index < -0.39 is 17.6 Å². The number of rotatable bonds is 8. The zero-order chi connectivity index (χ0) is 28.3. The lowest BCUT2D eigenvalue weighted by molar-refractivity contribution is -0.137. The van der Waals surface area contributed by atoms with E-state index in [1.165, 1.54) is 18.3 Å². The third-order valence-electron chi connectivity index (χ3n) is 6.11. The lowest BCUT2D eigenvalue weighted by Crippen LogP contribution is -2.20. The monoisotopic (exact) mass is 558 g/mol. The summed E-state index contributed by atoms with van der Waals surface area (Å²) in [6.07, 6.45) is -3.17. The van der Waals surface area contributed by atoms with Gasteiger partial charge in [0.1, 0.15) is 5.75 Å². The fraction of sp³-hybridized carbons (Fsp3) is 0.222. The third kappa shape index (κ3) is 6.26. The highest BCUT2D eigenvalue weighted by atomic mass is 35.5. The molecule has 8 nitrogen and oxygen atoms in total. The van der Waals surface area contributed by atoms with Gasteiger partial charge in [0.2, 0.25) is 0 Å². The number of pyridine rings is 1. The fourth-order valence-electron chi connectivity index (χ4n) is 3.86. The first-order valence-electron chi connectivity index (χ1n) is 11.8. The van der Waals surface area contributed by atoms with Gasteiger partial charge in [-0.25, -0.2) is 9.67 Å². The summed E-state index contributed by atoms with van der Waals surface area (Å²) < 4.78 is 45.2. The van der Waals surface area contributed by atoms with Crippen LogP contribution in [0.15, 0.2) is 66.1 Å². The average Bonchev–Trinajstić information content (AvgIpc) is 3.22. The number of methoxy groups -OCH3 is 1. The van der Waals surface area contributed by atoms with Crippen molar-refractivity contribution < 1.29 is 22.7 Å². The van der Waals surface area contributed by atoms with Crippen LogP contribution in [0.1, 0.15) is 34.1 Å². The Morgan fingerprint density at radius 1 is 1.13 bits per heavy atom. The standard InChI is InChI=1S/C27H26ClF3N6O2/c1-15(33-12-17-4-10-20(39-3)11-5-17)22(32)14-37-25-23(16(2)36-37)24(28)21(13-34-25)26(38)35-19-8-6-18(7-9-19)27(29,30)31/h4-11,13,33H,12,14,32H2,1-3H3,(H,35,38)/b22-15-. The van der Waals surface area contributed by atoms with Gasteiger partial charge in [0, 0.05) is 29.8 Å². The Bertz CT molecular complexity index is 1530. The summed E-state index contributed by atoms with van der Waals surface area (Å²) in [6, 6.07) is 11.8. The molecule has 0 bridgehead atoms. The fourth-order valence-corrected chi connectivity index (χ4v) is 4.21. The van der Waals surface area contributed by atoms with E-state index in [1.54, 1.807) is 18.7 Å². The summed E-state index contributed by atoms with van der Waals surface area (Å²) in [4.78, 5) is 17.2. The van der Waals surface area contributed by atoms with E-state index in [-0.39, 0.29) is 22.8 Å². The first-order valence-corrected chi connectivity index (χ1v) is 12.2. The van der Waals surface area contributed by atoms with Crippen LogP contribution in [0.3, 0.4) is 0 Å². The zero-order valence-electron chi connectivity index (χ0n) is 21.4. The molecule has 0 saturated heterocycles. The molecule has 2 heterocycles. The number of alkyl halides is 3. The maximum absolute atomic E-state index is 12.8. The Labute approximate surface area is 227 Å². The number of benzene rings is 2. The number of fused-ring (bicyclic) bond motifs is 1. The summed E-state index contributed by atoms with van der Waals surface area (Å²) in [6.45, 7) is 4.39. The molecule has 1 amide bonds. The number of carbonyl (C=O) groups excluding carboxylic acids is 1. The Balaban J connectivity index is 1.50. The first kappa shape index (κ1) is 27.8. The van der Waals surface area contributed by atoms with Crippen molar-refractivity contribution in [1.29, 1.82) is 0 Å². The van der Waals surface area contributed by atoms with Crippen LogP contribution in [0.4, 0.5) is 18.9 Å². The molecule has 0 radical (unpaired) electrons. The normalized spacial score (nSPS) is 12.3. The third-order valence-corrected chi connectivity index (χ3v) is 6.50. The SMILES string of the molecule is COc1ccc(CN/C(C)=C(\N)Cn2nc(C)c3c(Cl)c(C(=O)Nc4ccc(C(F)(F)F)cc4)cnc32)cc1. The molecule has 0 aliphatic heterocycles. The minimum absolute atomic E-state index is 0.0626. The second-order valence-electron chi connectivity index (χ2n) is 8.81. The number of hydrogen-bond acceptors (Lipinski definition) is 6. The highest BCUT2D eigenvalue weighted by molar-refractivity contribution is 6.39. The quantitative estimate of drug-likeness (QED) is 0.258. The molecule has 4 N–H and O–H groups in total. The molecule has 0 aliphatic rings. The van der Waals surface area contributed by atoms with Crippen LogP contribution in [0.25, 0.3) is 11.0 Å². The molecule has 12 heteroatoms. The van der Waals surface area contributed by atoms with Gasteiger partial charge in [-0.05, 0) is 55.8 Å². The highest BCUT2D eigenvalue weighted by Gasteiger charge is 2.30. The number of nitrogens with two attached hydrogens (primary N) is 1. The van der Waals surface area contributed by atoms with Crippen LogP contribution >= 0.6 is 11.6 Å². The van der Waals surface area contributed by atoms with E-state index in [2.05, 4.69) is 20.7 Å². The van der Waals surface area contributed by atoms with E-state index in [4.69, 9.17) is 22.1 Å². The summed E-state index contributed by atoms with van der Waals surface area (Å²) in [7, 11) is 1.61. The van der Waals surface area contributed by atoms with Crippen LogP contribution in [0.5, 0.6) is 5.75 Å². The minimum atomic E-state index is -4.47. The molecule has 0 fully saturated rings. The minimum Gasteiger partial charge on any atom is -0.497 e. The summed E-state index contributed by atoms with van der Waals surface area (Å²) >= 11 is 6.58. The largest absolute Gasteiger partial charge is 0.497 e. The molecule has 0 unspecified atom stereocenters. The van der Waals surface area contributed by atoms with Crippen LogP contribution < -0.4 is 21.1 Å². The van der Waals surface area contributed by atoms with Gasteiger partial charge in [-0.2, -0.15) is 18.3 Å². The summed E-state index contributed by atoms with van der Waals surface area (Å²) in [5, 5.41) is 11.0. The van der Waals surface area contributed by atoms with Crippen molar-refractivity contribution >= 4 is 34.2 Å². The number of halogens is 4. The van der Waals surface area contributed by atoms with Crippen LogP contribution in [-0.4, -0.2) is 27.8 Å². The lowest BCUT2D eigenvalue weighted by atomic mass is 10.1. The number of nitrogens with zero attached hydrogens (tertiary/aromatic N) is 3. The van der Waals surface area contributed by atoms with E-state index in [0.29, 0.717) is 29.0 Å². The summed E-state index contributed by atoms with van der Waals surface area (Å²) in [5.74, 6) is 0.164. The number of ether oxygens (including phenoxy) is 1. The van der Waals surface area contributed by atoms with Gasteiger partial charge in [-0.1, -0.05) is 23.7 Å². The Hall–Kier alpha value is -4.25. The molecule has 0 atom stereocenters. The van der Waals surface area contributed by atoms with Gasteiger partial charge in [0.05, 0.1) is 40.9 Å². The van der Waals surface area contributed by atoms with Gasteiger partial charge >= 0.3 is 6.18 Å². The van der Waals surface area contributed by atoms with E-state index in [1.807, 2.05) is 31.2 Å². The molecule has 39 heavy (non-hydrogen) atoms. The number of aryl methyl sites for hydroxylation is 1. The second kappa shape index (κ2) is 11.2. The molecule has 0 spiro atoms. The lowest BCUT2D eigenvalue weighted by Gasteiger charge is -2.12. The molecule has 4 rings (SSSR count).